The monoisotopic (exact) mass is 408 g/mol. The number of carbonyl (C=O) groups is 1. The molecule has 1 atom stereocenters. The van der Waals surface area contributed by atoms with E-state index in [4.69, 9.17) is 9.15 Å². The van der Waals surface area contributed by atoms with Crippen molar-refractivity contribution in [1.29, 1.82) is 0 Å². The van der Waals surface area contributed by atoms with Crippen LogP contribution in [0.3, 0.4) is 0 Å². The minimum atomic E-state index is -0.428. The number of para-hydroxylation sites is 1. The molecule has 30 heavy (non-hydrogen) atoms. The molecule has 1 aliphatic heterocycles. The fraction of sp³-hybridized carbons (Fsp3) is 0.304. The number of hydrogen-bond donors (Lipinski definition) is 2. The highest BCUT2D eigenvalue weighted by Crippen LogP contribution is 2.23. The number of carbonyl (C=O) groups excluding carboxylic acids is 1. The van der Waals surface area contributed by atoms with Gasteiger partial charge in [0.1, 0.15) is 11.3 Å². The van der Waals surface area contributed by atoms with Gasteiger partial charge in [-0.2, -0.15) is 0 Å². The van der Waals surface area contributed by atoms with Crippen LogP contribution in [-0.2, 0) is 11.3 Å². The molecule has 2 heterocycles. The Morgan fingerprint density at radius 1 is 1.23 bits per heavy atom. The third-order valence-corrected chi connectivity index (χ3v) is 5.29. The number of fused-ring (bicyclic) bond motifs is 1. The van der Waals surface area contributed by atoms with Crippen molar-refractivity contribution in [3.8, 4) is 5.75 Å². The Hall–Kier alpha value is -3.32. The van der Waals surface area contributed by atoms with Gasteiger partial charge in [-0.05, 0) is 43.5 Å². The van der Waals surface area contributed by atoms with Crippen LogP contribution in [0.5, 0.6) is 5.75 Å². The Morgan fingerprint density at radius 3 is 2.83 bits per heavy atom. The molecule has 3 aromatic rings. The highest BCUT2D eigenvalue weighted by molar-refractivity contribution is 5.92. The van der Waals surface area contributed by atoms with E-state index >= 15 is 0 Å². The summed E-state index contributed by atoms with van der Waals surface area (Å²) in [4.78, 5) is 26.4. The highest BCUT2D eigenvalue weighted by atomic mass is 16.5. The van der Waals surface area contributed by atoms with Gasteiger partial charge in [-0.1, -0.05) is 18.2 Å². The number of nitrogens with one attached hydrogen (secondary N) is 1. The van der Waals surface area contributed by atoms with E-state index in [1.165, 1.54) is 6.07 Å². The third kappa shape index (κ3) is 4.46. The zero-order valence-electron chi connectivity index (χ0n) is 16.8. The molecule has 2 aromatic carbocycles. The molecule has 1 aliphatic rings. The molecule has 1 fully saturated rings. The summed E-state index contributed by atoms with van der Waals surface area (Å²) < 4.78 is 11.0. The summed E-state index contributed by atoms with van der Waals surface area (Å²) in [6.07, 6.45) is 1.84. The molecule has 156 valence electrons. The van der Waals surface area contributed by atoms with E-state index in [2.05, 4.69) is 5.32 Å². The van der Waals surface area contributed by atoms with Crippen LogP contribution >= 0.6 is 0 Å². The van der Waals surface area contributed by atoms with E-state index in [1.54, 1.807) is 35.2 Å². The summed E-state index contributed by atoms with van der Waals surface area (Å²) in [5.74, 6) is 0.144. The SMILES string of the molecule is Cc1cc(=O)oc2cc(NC(=O)N(Cc3ccccc3O)C[C@@H]3CCCO3)ccc12. The Kier molecular flexibility index (Phi) is 5.72. The lowest BCUT2D eigenvalue weighted by Crippen LogP contribution is -2.39. The van der Waals surface area contributed by atoms with E-state index in [9.17, 15) is 14.7 Å². The van der Waals surface area contributed by atoms with Crippen molar-refractivity contribution in [2.24, 2.45) is 0 Å². The maximum absolute atomic E-state index is 13.1. The molecule has 7 nitrogen and oxygen atoms in total. The van der Waals surface area contributed by atoms with Crippen LogP contribution in [0.15, 0.2) is 57.7 Å². The number of phenolic OH excluding ortho intramolecular Hbond substituents is 1. The fourth-order valence-corrected chi connectivity index (χ4v) is 3.71. The molecule has 0 radical (unpaired) electrons. The van der Waals surface area contributed by atoms with Crippen LogP contribution in [0.4, 0.5) is 10.5 Å². The minimum Gasteiger partial charge on any atom is -0.508 e. The second-order valence-corrected chi connectivity index (χ2v) is 7.53. The average Bonchev–Trinajstić information content (AvgIpc) is 3.22. The smallest absolute Gasteiger partial charge is 0.336 e. The van der Waals surface area contributed by atoms with Crippen LogP contribution in [-0.4, -0.2) is 35.3 Å². The number of phenols is 1. The van der Waals surface area contributed by atoms with E-state index in [-0.39, 0.29) is 24.4 Å². The number of hydrogen-bond acceptors (Lipinski definition) is 5. The van der Waals surface area contributed by atoms with Gasteiger partial charge in [-0.25, -0.2) is 9.59 Å². The number of nitrogens with zero attached hydrogens (tertiary/aromatic N) is 1. The zero-order valence-corrected chi connectivity index (χ0v) is 16.8. The van der Waals surface area contributed by atoms with Gasteiger partial charge in [-0.3, -0.25) is 0 Å². The minimum absolute atomic E-state index is 0.0288. The predicted octanol–water partition coefficient (Wildman–Crippen LogP) is 4.02. The van der Waals surface area contributed by atoms with Crippen molar-refractivity contribution in [2.45, 2.75) is 32.4 Å². The van der Waals surface area contributed by atoms with Crippen LogP contribution in [0.1, 0.15) is 24.0 Å². The summed E-state index contributed by atoms with van der Waals surface area (Å²) in [5, 5.41) is 13.8. The van der Waals surface area contributed by atoms with Gasteiger partial charge in [0.05, 0.1) is 12.6 Å². The zero-order chi connectivity index (χ0) is 21.1. The van der Waals surface area contributed by atoms with Crippen molar-refractivity contribution in [2.75, 3.05) is 18.5 Å². The van der Waals surface area contributed by atoms with Crippen molar-refractivity contribution in [3.05, 3.63) is 70.1 Å². The van der Waals surface area contributed by atoms with Crippen LogP contribution in [0, 0.1) is 6.92 Å². The molecule has 4 rings (SSSR count). The lowest BCUT2D eigenvalue weighted by atomic mass is 10.1. The number of benzene rings is 2. The number of amides is 2. The molecule has 2 amide bonds. The number of aryl methyl sites for hydroxylation is 1. The van der Waals surface area contributed by atoms with Gasteiger partial charge >= 0.3 is 11.7 Å². The van der Waals surface area contributed by atoms with Gasteiger partial charge in [0, 0.05) is 41.9 Å². The molecular formula is C23H24N2O5. The number of anilines is 1. The number of urea groups is 1. The van der Waals surface area contributed by atoms with Crippen molar-refractivity contribution < 1.29 is 19.1 Å². The molecule has 0 unspecified atom stereocenters. The summed E-state index contributed by atoms with van der Waals surface area (Å²) in [6, 6.07) is 13.3. The maximum atomic E-state index is 13.1. The summed E-state index contributed by atoms with van der Waals surface area (Å²) in [6.45, 7) is 3.20. The van der Waals surface area contributed by atoms with Gasteiger partial charge in [0.15, 0.2) is 0 Å². The molecular weight excluding hydrogens is 384 g/mol. The summed E-state index contributed by atoms with van der Waals surface area (Å²) >= 11 is 0. The Labute approximate surface area is 173 Å². The molecule has 0 saturated carbocycles. The van der Waals surface area contributed by atoms with Gasteiger partial charge < -0.3 is 24.5 Å². The first kappa shape index (κ1) is 20.0. The third-order valence-electron chi connectivity index (χ3n) is 5.29. The van der Waals surface area contributed by atoms with E-state index in [0.29, 0.717) is 30.0 Å². The lowest BCUT2D eigenvalue weighted by molar-refractivity contribution is 0.0817. The first-order valence-electron chi connectivity index (χ1n) is 9.98. The fourth-order valence-electron chi connectivity index (χ4n) is 3.71. The van der Waals surface area contributed by atoms with E-state index < -0.39 is 5.63 Å². The lowest BCUT2D eigenvalue weighted by Gasteiger charge is -2.26. The maximum Gasteiger partial charge on any atom is 0.336 e. The molecule has 0 aliphatic carbocycles. The second-order valence-electron chi connectivity index (χ2n) is 7.53. The van der Waals surface area contributed by atoms with Crippen molar-refractivity contribution in [1.82, 2.24) is 4.90 Å². The largest absolute Gasteiger partial charge is 0.508 e. The molecule has 0 bridgehead atoms. The molecule has 0 spiro atoms. The normalized spacial score (nSPS) is 16.0. The molecule has 7 heteroatoms. The quantitative estimate of drug-likeness (QED) is 0.622. The van der Waals surface area contributed by atoms with E-state index in [1.807, 2.05) is 19.1 Å². The van der Waals surface area contributed by atoms with Crippen LogP contribution in [0.25, 0.3) is 11.0 Å². The molecule has 1 saturated heterocycles. The molecule has 1 aromatic heterocycles. The number of rotatable bonds is 5. The van der Waals surface area contributed by atoms with Gasteiger partial charge in [0.2, 0.25) is 0 Å². The van der Waals surface area contributed by atoms with Crippen LogP contribution < -0.4 is 10.9 Å². The number of ether oxygens (including phenoxy) is 1. The molecule has 2 N–H and O–H groups in total. The van der Waals surface area contributed by atoms with Crippen molar-refractivity contribution >= 4 is 22.7 Å². The summed E-state index contributed by atoms with van der Waals surface area (Å²) in [7, 11) is 0. The Balaban J connectivity index is 1.56. The summed E-state index contributed by atoms with van der Waals surface area (Å²) in [5.41, 5.74) is 1.99. The standard InChI is InChI=1S/C23H24N2O5/c1-15-11-22(27)30-21-12-17(8-9-19(15)21)24-23(28)25(14-18-6-4-10-29-18)13-16-5-2-3-7-20(16)26/h2-3,5,7-9,11-12,18,26H,4,6,10,13-14H2,1H3,(H,24,28)/t18-/m0/s1. The first-order chi connectivity index (χ1) is 14.5. The second kappa shape index (κ2) is 8.59. The number of aromatic hydroxyl groups is 1. The average molecular weight is 408 g/mol. The Bertz CT molecular complexity index is 1120. The van der Waals surface area contributed by atoms with E-state index in [0.717, 1.165) is 23.8 Å². The Morgan fingerprint density at radius 2 is 2.07 bits per heavy atom. The first-order valence-corrected chi connectivity index (χ1v) is 9.98. The van der Waals surface area contributed by atoms with Gasteiger partial charge in [0.25, 0.3) is 0 Å². The predicted molar refractivity (Wildman–Crippen MR) is 114 cm³/mol. The van der Waals surface area contributed by atoms with Gasteiger partial charge in [-0.15, -0.1) is 0 Å². The van der Waals surface area contributed by atoms with Crippen LogP contribution in [0.2, 0.25) is 0 Å². The topological polar surface area (TPSA) is 92.0 Å². The highest BCUT2D eigenvalue weighted by Gasteiger charge is 2.23. The van der Waals surface area contributed by atoms with Crippen molar-refractivity contribution in [3.63, 3.8) is 0 Å².